The van der Waals surface area contributed by atoms with E-state index in [9.17, 15) is 13.2 Å². The van der Waals surface area contributed by atoms with Gasteiger partial charge in [0, 0.05) is 33.2 Å². The summed E-state index contributed by atoms with van der Waals surface area (Å²) in [5, 5.41) is 3.11. The maximum Gasteiger partial charge on any atom is 0.281 e. The number of carbonyl (C=O) groups excluding carboxylic acids is 1. The quantitative estimate of drug-likeness (QED) is 0.768. The molecule has 1 atom stereocenters. The Bertz CT molecular complexity index is 486. The van der Waals surface area contributed by atoms with Gasteiger partial charge in [-0.1, -0.05) is 0 Å². The lowest BCUT2D eigenvalue weighted by Gasteiger charge is -2.34. The third kappa shape index (κ3) is 4.18. The third-order valence-electron chi connectivity index (χ3n) is 4.61. The molecule has 0 saturated carbocycles. The summed E-state index contributed by atoms with van der Waals surface area (Å²) < 4.78 is 27.0. The molecule has 2 aliphatic rings. The number of amides is 1. The summed E-state index contributed by atoms with van der Waals surface area (Å²) in [7, 11) is 1.71. The first kappa shape index (κ1) is 17.7. The van der Waals surface area contributed by atoms with Crippen LogP contribution in [0.1, 0.15) is 25.7 Å². The van der Waals surface area contributed by atoms with Gasteiger partial charge in [-0.05, 0) is 45.8 Å². The monoisotopic (exact) mass is 332 g/mol. The molecule has 2 fully saturated rings. The Labute approximate surface area is 133 Å². The zero-order chi connectivity index (χ0) is 16.3. The predicted molar refractivity (Wildman–Crippen MR) is 85.6 cm³/mol. The molecule has 0 aliphatic carbocycles. The molecular weight excluding hydrogens is 304 g/mol. The predicted octanol–water partition coefficient (Wildman–Crippen LogP) is -0.285. The van der Waals surface area contributed by atoms with Gasteiger partial charge in [0.15, 0.2) is 0 Å². The van der Waals surface area contributed by atoms with E-state index in [1.165, 1.54) is 22.7 Å². The number of hydrogen-bond donors (Lipinski definition) is 1. The van der Waals surface area contributed by atoms with Gasteiger partial charge in [0.1, 0.15) is 0 Å². The van der Waals surface area contributed by atoms with Gasteiger partial charge < -0.3 is 10.2 Å². The van der Waals surface area contributed by atoms with Crippen LogP contribution in [0.4, 0.5) is 0 Å². The molecule has 1 unspecified atom stereocenters. The van der Waals surface area contributed by atoms with E-state index in [4.69, 9.17) is 0 Å². The molecule has 2 rings (SSSR count). The van der Waals surface area contributed by atoms with Crippen molar-refractivity contribution in [3.63, 3.8) is 0 Å². The highest BCUT2D eigenvalue weighted by Crippen LogP contribution is 2.21. The van der Waals surface area contributed by atoms with Crippen LogP contribution in [-0.4, -0.2) is 81.2 Å². The van der Waals surface area contributed by atoms with Crippen LogP contribution in [0.15, 0.2) is 0 Å². The van der Waals surface area contributed by atoms with E-state index in [0.29, 0.717) is 13.1 Å². The Morgan fingerprint density at radius 3 is 2.36 bits per heavy atom. The molecule has 2 aliphatic heterocycles. The van der Waals surface area contributed by atoms with Crippen LogP contribution in [0.5, 0.6) is 0 Å². The molecule has 0 spiro atoms. The molecule has 2 heterocycles. The molecule has 128 valence electrons. The van der Waals surface area contributed by atoms with Gasteiger partial charge >= 0.3 is 0 Å². The van der Waals surface area contributed by atoms with Crippen LogP contribution in [0.25, 0.3) is 0 Å². The number of rotatable bonds is 4. The largest absolute Gasteiger partial charge is 0.353 e. The Morgan fingerprint density at radius 1 is 1.14 bits per heavy atom. The van der Waals surface area contributed by atoms with Crippen LogP contribution in [0.3, 0.4) is 0 Å². The van der Waals surface area contributed by atoms with E-state index in [1.54, 1.807) is 0 Å². The zero-order valence-corrected chi connectivity index (χ0v) is 14.6. The first-order valence-electron chi connectivity index (χ1n) is 7.97. The van der Waals surface area contributed by atoms with Crippen LogP contribution in [-0.2, 0) is 15.0 Å². The van der Waals surface area contributed by atoms with Crippen molar-refractivity contribution in [2.24, 2.45) is 5.92 Å². The molecule has 0 aromatic heterocycles. The molecule has 1 N–H and O–H groups in total. The van der Waals surface area contributed by atoms with Crippen LogP contribution >= 0.6 is 0 Å². The molecule has 22 heavy (non-hydrogen) atoms. The maximum atomic E-state index is 12.4. The minimum absolute atomic E-state index is 0.00760. The Kier molecular flexibility index (Phi) is 5.81. The van der Waals surface area contributed by atoms with Crippen molar-refractivity contribution in [3.05, 3.63) is 0 Å². The highest BCUT2D eigenvalue weighted by atomic mass is 32.2. The summed E-state index contributed by atoms with van der Waals surface area (Å²) in [4.78, 5) is 14.7. The van der Waals surface area contributed by atoms with Crippen molar-refractivity contribution < 1.29 is 13.2 Å². The second kappa shape index (κ2) is 7.25. The van der Waals surface area contributed by atoms with Crippen molar-refractivity contribution in [2.75, 3.05) is 47.3 Å². The first-order chi connectivity index (χ1) is 10.3. The number of likely N-dealkylation sites (tertiary alicyclic amines) is 1. The van der Waals surface area contributed by atoms with Crippen molar-refractivity contribution in [3.8, 4) is 0 Å². The normalized spacial score (nSPS) is 26.3. The smallest absolute Gasteiger partial charge is 0.281 e. The summed E-state index contributed by atoms with van der Waals surface area (Å²) in [5.74, 6) is -0.226. The van der Waals surface area contributed by atoms with Gasteiger partial charge in [-0.2, -0.15) is 17.0 Å². The molecule has 0 aromatic rings. The molecular formula is C14H28N4O3S. The minimum Gasteiger partial charge on any atom is -0.353 e. The van der Waals surface area contributed by atoms with Gasteiger partial charge in [0.05, 0.1) is 5.92 Å². The summed E-state index contributed by atoms with van der Waals surface area (Å²) >= 11 is 0. The van der Waals surface area contributed by atoms with E-state index >= 15 is 0 Å². The Morgan fingerprint density at radius 2 is 1.77 bits per heavy atom. The molecule has 8 heteroatoms. The van der Waals surface area contributed by atoms with Crippen LogP contribution in [0, 0.1) is 5.92 Å². The number of piperidine rings is 2. The van der Waals surface area contributed by atoms with E-state index < -0.39 is 10.2 Å². The standard InChI is InChI=1S/C14H28N4O3S/c1-16(2)22(20,21)18-8-4-5-12(11-18)14(19)15-13-6-9-17(3)10-7-13/h12-13H,4-11H2,1-3H3,(H,15,19). The second-order valence-corrected chi connectivity index (χ2v) is 8.72. The SMILES string of the molecule is CN1CCC(NC(=O)C2CCCN(S(=O)(=O)N(C)C)C2)CC1. The van der Waals surface area contributed by atoms with Crippen molar-refractivity contribution in [2.45, 2.75) is 31.7 Å². The summed E-state index contributed by atoms with van der Waals surface area (Å²) in [5.41, 5.74) is 0. The van der Waals surface area contributed by atoms with Gasteiger partial charge in [-0.15, -0.1) is 0 Å². The Balaban J connectivity index is 1.90. The number of hydrogen-bond acceptors (Lipinski definition) is 4. The highest BCUT2D eigenvalue weighted by molar-refractivity contribution is 7.86. The molecule has 0 radical (unpaired) electrons. The minimum atomic E-state index is -3.43. The topological polar surface area (TPSA) is 73.0 Å². The number of nitrogens with zero attached hydrogens (tertiary/aromatic N) is 3. The van der Waals surface area contributed by atoms with Crippen molar-refractivity contribution >= 4 is 16.1 Å². The number of carbonyl (C=O) groups is 1. The van der Waals surface area contributed by atoms with Gasteiger partial charge in [-0.25, -0.2) is 0 Å². The third-order valence-corrected chi connectivity index (χ3v) is 6.51. The van der Waals surface area contributed by atoms with Gasteiger partial charge in [0.2, 0.25) is 5.91 Å². The van der Waals surface area contributed by atoms with Gasteiger partial charge in [-0.3, -0.25) is 4.79 Å². The first-order valence-corrected chi connectivity index (χ1v) is 9.37. The average Bonchev–Trinajstić information content (AvgIpc) is 2.49. The highest BCUT2D eigenvalue weighted by Gasteiger charge is 2.34. The lowest BCUT2D eigenvalue weighted by molar-refractivity contribution is -0.127. The molecule has 2 saturated heterocycles. The fraction of sp³-hybridized carbons (Fsp3) is 0.929. The maximum absolute atomic E-state index is 12.4. The summed E-state index contributed by atoms with van der Waals surface area (Å²) in [6.07, 6.45) is 3.43. The lowest BCUT2D eigenvalue weighted by Crippen LogP contribution is -2.51. The fourth-order valence-corrected chi connectivity index (χ4v) is 4.26. The van der Waals surface area contributed by atoms with Crippen molar-refractivity contribution in [1.82, 2.24) is 18.8 Å². The van der Waals surface area contributed by atoms with Crippen LogP contribution < -0.4 is 5.32 Å². The van der Waals surface area contributed by atoms with E-state index in [2.05, 4.69) is 17.3 Å². The van der Waals surface area contributed by atoms with Gasteiger partial charge in [0.25, 0.3) is 10.2 Å². The molecule has 0 aromatic carbocycles. The molecule has 1 amide bonds. The summed E-state index contributed by atoms with van der Waals surface area (Å²) in [6.45, 7) is 2.78. The molecule has 7 nitrogen and oxygen atoms in total. The zero-order valence-electron chi connectivity index (χ0n) is 13.8. The fourth-order valence-electron chi connectivity index (χ4n) is 3.07. The average molecular weight is 332 g/mol. The van der Waals surface area contributed by atoms with E-state index in [1.807, 2.05) is 0 Å². The van der Waals surface area contributed by atoms with E-state index in [-0.39, 0.29) is 17.9 Å². The number of nitrogens with one attached hydrogen (secondary N) is 1. The lowest BCUT2D eigenvalue weighted by atomic mass is 9.97. The molecule has 0 bridgehead atoms. The second-order valence-electron chi connectivity index (χ2n) is 6.57. The van der Waals surface area contributed by atoms with Crippen LogP contribution in [0.2, 0.25) is 0 Å². The van der Waals surface area contributed by atoms with E-state index in [0.717, 1.165) is 38.8 Å². The summed E-state index contributed by atoms with van der Waals surface area (Å²) in [6, 6.07) is 0.226. The van der Waals surface area contributed by atoms with Crippen molar-refractivity contribution in [1.29, 1.82) is 0 Å². The Hall–Kier alpha value is -0.700.